The average molecular weight is 513 g/mol. The van der Waals surface area contributed by atoms with E-state index in [0.29, 0.717) is 23.8 Å². The molecule has 38 heavy (non-hydrogen) atoms. The average Bonchev–Trinajstić information content (AvgIpc) is 3.17. The summed E-state index contributed by atoms with van der Waals surface area (Å²) in [5.74, 6) is 0.631. The zero-order valence-electron chi connectivity index (χ0n) is 22.1. The van der Waals surface area contributed by atoms with Crippen molar-refractivity contribution < 1.29 is 23.8 Å². The summed E-state index contributed by atoms with van der Waals surface area (Å²) in [4.78, 5) is 11.8. The maximum absolute atomic E-state index is 15.0. The molecule has 3 aromatic carbocycles. The molecule has 0 radical (unpaired) electrons. The molecule has 1 saturated carbocycles. The highest BCUT2D eigenvalue weighted by Gasteiger charge is 2.68. The first-order chi connectivity index (χ1) is 18.3. The molecule has 3 aliphatic carbocycles. The zero-order chi connectivity index (χ0) is 26.6. The number of halogens is 1. The lowest BCUT2D eigenvalue weighted by Gasteiger charge is -2.18. The van der Waals surface area contributed by atoms with Crippen molar-refractivity contribution in [2.75, 3.05) is 7.11 Å². The Labute approximate surface area is 223 Å². The molecule has 4 nitrogen and oxygen atoms in total. The van der Waals surface area contributed by atoms with Gasteiger partial charge in [0.25, 0.3) is 0 Å². The summed E-state index contributed by atoms with van der Waals surface area (Å²) in [6.45, 7) is 4.64. The van der Waals surface area contributed by atoms with Gasteiger partial charge in [-0.05, 0) is 107 Å². The van der Waals surface area contributed by atoms with Crippen LogP contribution in [0.25, 0.3) is 16.7 Å². The molecule has 196 valence electrons. The molecule has 1 fully saturated rings. The van der Waals surface area contributed by atoms with Crippen molar-refractivity contribution in [3.63, 3.8) is 0 Å². The summed E-state index contributed by atoms with van der Waals surface area (Å²) < 4.78 is 26.6. The van der Waals surface area contributed by atoms with Crippen LogP contribution in [0.5, 0.6) is 11.5 Å². The first-order valence-corrected chi connectivity index (χ1v) is 13.5. The van der Waals surface area contributed by atoms with Gasteiger partial charge in [0.1, 0.15) is 23.9 Å². The van der Waals surface area contributed by atoms with Gasteiger partial charge in [-0.15, -0.1) is 0 Å². The highest BCUT2D eigenvalue weighted by atomic mass is 19.1. The highest BCUT2D eigenvalue weighted by molar-refractivity contribution is 5.84. The normalized spacial score (nSPS) is 25.3. The fourth-order valence-electron chi connectivity index (χ4n) is 7.01. The number of methoxy groups -OCH3 is 1. The first-order valence-electron chi connectivity index (χ1n) is 13.5. The van der Waals surface area contributed by atoms with E-state index in [-0.39, 0.29) is 23.1 Å². The minimum atomic E-state index is -0.702. The van der Waals surface area contributed by atoms with Gasteiger partial charge in [0.15, 0.2) is 0 Å². The van der Waals surface area contributed by atoms with Gasteiger partial charge in [-0.2, -0.15) is 0 Å². The largest absolute Gasteiger partial charge is 0.497 e. The summed E-state index contributed by atoms with van der Waals surface area (Å²) in [5, 5.41) is 9.72. The van der Waals surface area contributed by atoms with Gasteiger partial charge >= 0.3 is 5.97 Å². The van der Waals surface area contributed by atoms with Crippen molar-refractivity contribution in [1.29, 1.82) is 0 Å². The molecule has 4 atom stereocenters. The van der Waals surface area contributed by atoms with Gasteiger partial charge in [-0.1, -0.05) is 38.1 Å². The molecule has 0 heterocycles. The Hall–Kier alpha value is -3.60. The molecular weight excluding hydrogens is 479 g/mol. The summed E-state index contributed by atoms with van der Waals surface area (Å²) in [6.07, 6.45) is 6.18. The van der Waals surface area contributed by atoms with E-state index in [1.165, 1.54) is 17.2 Å². The third-order valence-electron chi connectivity index (χ3n) is 9.17. The summed E-state index contributed by atoms with van der Waals surface area (Å²) in [5.41, 5.74) is 6.80. The van der Waals surface area contributed by atoms with Gasteiger partial charge in [0.05, 0.1) is 13.0 Å². The van der Waals surface area contributed by atoms with E-state index in [0.717, 1.165) is 53.7 Å². The maximum atomic E-state index is 15.0. The SMILES string of the molecule is COc1ccc(F)c(-c2ccc(COc3ccc4c(c3)C3(CC4)C(C)C3C(=O)O)cc2C2=CCCC2C)c1. The third kappa shape index (κ3) is 3.91. The predicted molar refractivity (Wildman–Crippen MR) is 146 cm³/mol. The molecular formula is C33H33FO4. The number of carbonyl (C=O) groups is 1. The van der Waals surface area contributed by atoms with Gasteiger partial charge < -0.3 is 14.6 Å². The van der Waals surface area contributed by atoms with Crippen molar-refractivity contribution in [1.82, 2.24) is 0 Å². The number of allylic oxidation sites excluding steroid dienone is 2. The zero-order valence-corrected chi connectivity index (χ0v) is 22.1. The molecule has 1 N–H and O–H groups in total. The number of carboxylic acid groups (broad SMARTS) is 1. The van der Waals surface area contributed by atoms with Crippen molar-refractivity contribution in [2.24, 2.45) is 17.8 Å². The second-order valence-electron chi connectivity index (χ2n) is 11.1. The van der Waals surface area contributed by atoms with E-state index in [4.69, 9.17) is 9.47 Å². The molecule has 0 aliphatic heterocycles. The number of hydrogen-bond donors (Lipinski definition) is 1. The molecule has 0 saturated heterocycles. The molecule has 0 amide bonds. The molecule has 6 rings (SSSR count). The van der Waals surface area contributed by atoms with Gasteiger partial charge in [-0.25, -0.2) is 4.39 Å². The Morgan fingerprint density at radius 1 is 1.03 bits per heavy atom. The lowest BCUT2D eigenvalue weighted by atomic mass is 9.88. The quantitative estimate of drug-likeness (QED) is 0.358. The Balaban J connectivity index is 1.30. The predicted octanol–water partition coefficient (Wildman–Crippen LogP) is 7.43. The van der Waals surface area contributed by atoms with Crippen LogP contribution in [-0.2, 0) is 23.2 Å². The van der Waals surface area contributed by atoms with E-state index >= 15 is 0 Å². The second kappa shape index (κ2) is 9.30. The number of carboxylic acids is 1. The van der Waals surface area contributed by atoms with Crippen LogP contribution in [0.15, 0.2) is 60.7 Å². The van der Waals surface area contributed by atoms with Gasteiger partial charge in [-0.3, -0.25) is 4.79 Å². The monoisotopic (exact) mass is 512 g/mol. The molecule has 3 aliphatic rings. The van der Waals surface area contributed by atoms with Crippen molar-refractivity contribution >= 4 is 11.5 Å². The number of ether oxygens (including phenoxy) is 2. The topological polar surface area (TPSA) is 55.8 Å². The van der Waals surface area contributed by atoms with E-state index in [1.54, 1.807) is 19.2 Å². The minimum absolute atomic E-state index is 0.144. The third-order valence-corrected chi connectivity index (χ3v) is 9.17. The second-order valence-corrected chi connectivity index (χ2v) is 11.1. The van der Waals surface area contributed by atoms with Crippen LogP contribution in [0.2, 0.25) is 0 Å². The smallest absolute Gasteiger partial charge is 0.307 e. The lowest BCUT2D eigenvalue weighted by molar-refractivity contribution is -0.139. The molecule has 4 unspecified atom stereocenters. The number of fused-ring (bicyclic) bond motifs is 2. The van der Waals surface area contributed by atoms with Crippen LogP contribution >= 0.6 is 0 Å². The summed E-state index contributed by atoms with van der Waals surface area (Å²) >= 11 is 0. The Morgan fingerprint density at radius 2 is 1.84 bits per heavy atom. The van der Waals surface area contributed by atoms with E-state index in [9.17, 15) is 14.3 Å². The first kappa shape index (κ1) is 24.7. The van der Waals surface area contributed by atoms with Crippen LogP contribution in [0.1, 0.15) is 55.4 Å². The highest BCUT2D eigenvalue weighted by Crippen LogP contribution is 2.66. The Bertz CT molecular complexity index is 1460. The van der Waals surface area contributed by atoms with Gasteiger partial charge in [0, 0.05) is 11.0 Å². The summed E-state index contributed by atoms with van der Waals surface area (Å²) in [6, 6.07) is 17.1. The Morgan fingerprint density at radius 3 is 2.55 bits per heavy atom. The molecule has 5 heteroatoms. The van der Waals surface area contributed by atoms with Crippen molar-refractivity contribution in [3.8, 4) is 22.6 Å². The fourth-order valence-corrected chi connectivity index (χ4v) is 7.01. The maximum Gasteiger partial charge on any atom is 0.307 e. The number of aryl methyl sites for hydroxylation is 1. The molecule has 0 bridgehead atoms. The van der Waals surface area contributed by atoms with E-state index in [1.807, 2.05) is 25.1 Å². The van der Waals surface area contributed by atoms with E-state index in [2.05, 4.69) is 31.2 Å². The van der Waals surface area contributed by atoms with Crippen molar-refractivity contribution in [2.45, 2.75) is 51.6 Å². The lowest BCUT2D eigenvalue weighted by Crippen LogP contribution is -2.12. The number of hydrogen-bond acceptors (Lipinski definition) is 3. The molecule has 0 aromatic heterocycles. The molecule has 3 aromatic rings. The number of benzene rings is 3. The number of aliphatic carboxylic acids is 1. The van der Waals surface area contributed by atoms with Crippen LogP contribution < -0.4 is 9.47 Å². The van der Waals surface area contributed by atoms with Crippen molar-refractivity contribution in [3.05, 3.63) is 88.7 Å². The van der Waals surface area contributed by atoms with Crippen LogP contribution in [0.4, 0.5) is 4.39 Å². The standard InChI is InChI=1S/C33H33FO4/c1-19-5-4-6-25(19)27-15-21(7-11-26(27)28-16-23(37-3)10-12-30(28)34)18-38-24-9-8-22-13-14-33(29(22)17-24)20(2)31(33)32(35)36/h6-12,15-17,19-20,31H,4-5,13-14,18H2,1-3H3,(H,35,36). The summed E-state index contributed by atoms with van der Waals surface area (Å²) in [7, 11) is 1.59. The van der Waals surface area contributed by atoms with Crippen LogP contribution in [-0.4, -0.2) is 18.2 Å². The molecule has 1 spiro atoms. The van der Waals surface area contributed by atoms with Gasteiger partial charge in [0.2, 0.25) is 0 Å². The van der Waals surface area contributed by atoms with E-state index < -0.39 is 5.97 Å². The Kier molecular flexibility index (Phi) is 6.05. The fraction of sp³-hybridized carbons (Fsp3) is 0.364. The minimum Gasteiger partial charge on any atom is -0.497 e. The van der Waals surface area contributed by atoms with Crippen LogP contribution in [0, 0.1) is 23.6 Å². The number of rotatable bonds is 7. The van der Waals surface area contributed by atoms with Crippen LogP contribution in [0.3, 0.4) is 0 Å².